The van der Waals surface area contributed by atoms with Crippen LogP contribution >= 0.6 is 0 Å². The van der Waals surface area contributed by atoms with Gasteiger partial charge in [0.15, 0.2) is 5.75 Å². The third kappa shape index (κ3) is 7.67. The van der Waals surface area contributed by atoms with Crippen LogP contribution in [0.25, 0.3) is 0 Å². The zero-order chi connectivity index (χ0) is 31.5. The molecule has 1 heterocycles. The Morgan fingerprint density at radius 1 is 1.09 bits per heavy atom. The number of hydrogen-bond acceptors (Lipinski definition) is 6. The maximum atomic E-state index is 13.7. The third-order valence-electron chi connectivity index (χ3n) is 7.49. The first-order valence-electron chi connectivity index (χ1n) is 13.8. The summed E-state index contributed by atoms with van der Waals surface area (Å²) in [6, 6.07) is 15.4. The van der Waals surface area contributed by atoms with E-state index < -0.39 is 39.8 Å². The normalized spacial score (nSPS) is 18.4. The summed E-state index contributed by atoms with van der Waals surface area (Å²) in [5, 5.41) is 9.90. The molecule has 1 amide bonds. The lowest BCUT2D eigenvalue weighted by Crippen LogP contribution is -2.49. The van der Waals surface area contributed by atoms with Crippen molar-refractivity contribution < 1.29 is 36.2 Å². The number of fused-ring (bicyclic) bond motifs is 1. The molecule has 0 saturated heterocycles. The fraction of sp³-hybridized carbons (Fsp3) is 0.387. The number of benzene rings is 3. The van der Waals surface area contributed by atoms with Crippen molar-refractivity contribution in [2.24, 2.45) is 5.92 Å². The van der Waals surface area contributed by atoms with Crippen LogP contribution in [0.15, 0.2) is 71.6 Å². The summed E-state index contributed by atoms with van der Waals surface area (Å²) < 4.78 is 74.6. The Balaban J connectivity index is 1.66. The smallest absolute Gasteiger partial charge is 0.416 e. The van der Waals surface area contributed by atoms with Crippen molar-refractivity contribution in [3.05, 3.63) is 89.0 Å². The minimum atomic E-state index is -4.42. The van der Waals surface area contributed by atoms with Crippen LogP contribution in [0.1, 0.15) is 40.9 Å². The standard InChI is InChI=1S/C31H36F3N3O5S/c1-20-8-14-25(15-9-20)43(40,41)35-27-7-5-6-26-29(27)42-28(21(2)16-37(30(26)39)22(3)19-38)18-36(4)17-23-10-12-24(13-11-23)31(32,33)34/h5-15,21-22,28,35,38H,16-19H2,1-4H3/t21-,22-,28+/m0/s1. The number of anilines is 1. The molecular formula is C31H36F3N3O5S. The minimum Gasteiger partial charge on any atom is -0.486 e. The molecule has 43 heavy (non-hydrogen) atoms. The number of amides is 1. The highest BCUT2D eigenvalue weighted by atomic mass is 32.2. The number of halogens is 3. The van der Waals surface area contributed by atoms with Gasteiger partial charge in [-0.2, -0.15) is 13.2 Å². The predicted molar refractivity (Wildman–Crippen MR) is 157 cm³/mol. The molecule has 4 rings (SSSR count). The van der Waals surface area contributed by atoms with Crippen LogP contribution in [0.5, 0.6) is 5.75 Å². The molecule has 0 fully saturated rings. The van der Waals surface area contributed by atoms with Gasteiger partial charge in [-0.15, -0.1) is 0 Å². The molecule has 0 aromatic heterocycles. The Kier molecular flexibility index (Phi) is 9.73. The van der Waals surface area contributed by atoms with E-state index in [9.17, 15) is 31.5 Å². The Morgan fingerprint density at radius 3 is 2.35 bits per heavy atom. The number of carbonyl (C=O) groups is 1. The van der Waals surface area contributed by atoms with Gasteiger partial charge in [0.05, 0.1) is 34.4 Å². The van der Waals surface area contributed by atoms with E-state index in [0.29, 0.717) is 18.7 Å². The van der Waals surface area contributed by atoms with Crippen LogP contribution in [-0.2, 0) is 22.7 Å². The van der Waals surface area contributed by atoms with Crippen LogP contribution in [0.2, 0.25) is 0 Å². The van der Waals surface area contributed by atoms with Crippen molar-refractivity contribution in [2.45, 2.75) is 50.5 Å². The average Bonchev–Trinajstić information content (AvgIpc) is 2.94. The van der Waals surface area contributed by atoms with Gasteiger partial charge < -0.3 is 14.7 Å². The molecule has 0 aliphatic carbocycles. The molecule has 0 spiro atoms. The van der Waals surface area contributed by atoms with Crippen molar-refractivity contribution in [3.8, 4) is 5.75 Å². The molecule has 1 aliphatic rings. The molecule has 0 unspecified atom stereocenters. The SMILES string of the molecule is Cc1ccc(S(=O)(=O)Nc2cccc3c2O[C@H](CN(C)Cc2ccc(C(F)(F)F)cc2)[C@@H](C)CN([C@@H](C)CO)C3=O)cc1. The van der Waals surface area contributed by atoms with Gasteiger partial charge in [0.2, 0.25) is 0 Å². The topological polar surface area (TPSA) is 99.2 Å². The maximum Gasteiger partial charge on any atom is 0.416 e. The number of carbonyl (C=O) groups excluding carboxylic acids is 1. The highest BCUT2D eigenvalue weighted by Gasteiger charge is 2.35. The number of nitrogens with one attached hydrogen (secondary N) is 1. The highest BCUT2D eigenvalue weighted by molar-refractivity contribution is 7.92. The molecular weight excluding hydrogens is 583 g/mol. The zero-order valence-electron chi connectivity index (χ0n) is 24.4. The summed E-state index contributed by atoms with van der Waals surface area (Å²) in [5.41, 5.74) is 1.08. The number of aliphatic hydroxyl groups is 1. The molecule has 2 N–H and O–H groups in total. The van der Waals surface area contributed by atoms with E-state index in [-0.39, 0.29) is 41.0 Å². The molecule has 3 aromatic carbocycles. The van der Waals surface area contributed by atoms with Gasteiger partial charge in [-0.05, 0) is 62.9 Å². The lowest BCUT2D eigenvalue weighted by atomic mass is 9.99. The van der Waals surface area contributed by atoms with E-state index in [1.54, 1.807) is 43.1 Å². The molecule has 0 saturated carbocycles. The maximum absolute atomic E-state index is 13.7. The largest absolute Gasteiger partial charge is 0.486 e. The molecule has 12 heteroatoms. The highest BCUT2D eigenvalue weighted by Crippen LogP contribution is 2.36. The average molecular weight is 620 g/mol. The number of sulfonamides is 1. The van der Waals surface area contributed by atoms with Crippen LogP contribution < -0.4 is 9.46 Å². The lowest BCUT2D eigenvalue weighted by molar-refractivity contribution is -0.137. The Labute approximate surface area is 250 Å². The fourth-order valence-corrected chi connectivity index (χ4v) is 6.01. The van der Waals surface area contributed by atoms with Gasteiger partial charge in [0.1, 0.15) is 6.10 Å². The number of nitrogens with zero attached hydrogens (tertiary/aromatic N) is 2. The van der Waals surface area contributed by atoms with Crippen LogP contribution in [0.4, 0.5) is 18.9 Å². The first-order chi connectivity index (χ1) is 20.2. The van der Waals surface area contributed by atoms with Gasteiger partial charge in [0, 0.05) is 25.6 Å². The van der Waals surface area contributed by atoms with E-state index in [2.05, 4.69) is 4.72 Å². The Morgan fingerprint density at radius 2 is 1.74 bits per heavy atom. The third-order valence-corrected chi connectivity index (χ3v) is 8.87. The summed E-state index contributed by atoms with van der Waals surface area (Å²) in [7, 11) is -2.23. The first kappa shape index (κ1) is 32.3. The molecule has 0 bridgehead atoms. The molecule has 3 aromatic rings. The molecule has 0 radical (unpaired) electrons. The van der Waals surface area contributed by atoms with Gasteiger partial charge in [0.25, 0.3) is 15.9 Å². The molecule has 8 nitrogen and oxygen atoms in total. The van der Waals surface area contributed by atoms with E-state index >= 15 is 0 Å². The Bertz CT molecular complexity index is 1530. The van der Waals surface area contributed by atoms with Crippen molar-refractivity contribution in [1.29, 1.82) is 0 Å². The second kappa shape index (κ2) is 12.9. The van der Waals surface area contributed by atoms with E-state index in [0.717, 1.165) is 17.7 Å². The van der Waals surface area contributed by atoms with Gasteiger partial charge in [-0.3, -0.25) is 14.4 Å². The Hall–Kier alpha value is -3.61. The van der Waals surface area contributed by atoms with Gasteiger partial charge in [-0.1, -0.05) is 42.8 Å². The van der Waals surface area contributed by atoms with Gasteiger partial charge >= 0.3 is 6.18 Å². The molecule has 1 aliphatic heterocycles. The fourth-order valence-electron chi connectivity index (χ4n) is 4.95. The number of aliphatic hydroxyl groups excluding tert-OH is 1. The van der Waals surface area contributed by atoms with E-state index in [1.807, 2.05) is 18.7 Å². The number of rotatable bonds is 9. The number of alkyl halides is 3. The summed E-state index contributed by atoms with van der Waals surface area (Å²) >= 11 is 0. The number of likely N-dealkylation sites (N-methyl/N-ethyl adjacent to an activating group) is 1. The molecule has 3 atom stereocenters. The molecule has 232 valence electrons. The van der Waals surface area contributed by atoms with E-state index in [4.69, 9.17) is 4.74 Å². The number of hydrogen-bond donors (Lipinski definition) is 2. The van der Waals surface area contributed by atoms with Gasteiger partial charge in [-0.25, -0.2) is 8.42 Å². The number of ether oxygens (including phenoxy) is 1. The number of para-hydroxylation sites is 1. The van der Waals surface area contributed by atoms with Crippen LogP contribution in [0, 0.1) is 12.8 Å². The summed E-state index contributed by atoms with van der Waals surface area (Å²) in [6.07, 6.45) is -4.97. The second-order valence-corrected chi connectivity index (χ2v) is 12.8. The number of aryl methyl sites for hydroxylation is 1. The zero-order valence-corrected chi connectivity index (χ0v) is 25.2. The quantitative estimate of drug-likeness (QED) is 0.343. The van der Waals surface area contributed by atoms with Crippen molar-refractivity contribution in [2.75, 3.05) is 31.5 Å². The summed E-state index contributed by atoms with van der Waals surface area (Å²) in [4.78, 5) is 17.2. The summed E-state index contributed by atoms with van der Waals surface area (Å²) in [6.45, 7) is 6.10. The van der Waals surface area contributed by atoms with E-state index in [1.165, 1.54) is 30.3 Å². The second-order valence-electron chi connectivity index (χ2n) is 11.1. The minimum absolute atomic E-state index is 0.0459. The monoisotopic (exact) mass is 619 g/mol. The van der Waals surface area contributed by atoms with Crippen molar-refractivity contribution >= 4 is 21.6 Å². The lowest BCUT2D eigenvalue weighted by Gasteiger charge is -2.38. The van der Waals surface area contributed by atoms with Crippen LogP contribution in [0.3, 0.4) is 0 Å². The predicted octanol–water partition coefficient (Wildman–Crippen LogP) is 5.17. The van der Waals surface area contributed by atoms with Crippen molar-refractivity contribution in [1.82, 2.24) is 9.80 Å². The summed E-state index contributed by atoms with van der Waals surface area (Å²) in [5.74, 6) is -0.600. The van der Waals surface area contributed by atoms with Crippen molar-refractivity contribution in [3.63, 3.8) is 0 Å². The van der Waals surface area contributed by atoms with Crippen LogP contribution in [-0.4, -0.2) is 68.1 Å². The first-order valence-corrected chi connectivity index (χ1v) is 15.3.